The molecule has 0 heterocycles. The molecule has 5 nitrogen and oxygen atoms in total. The molecule has 0 aromatic carbocycles. The van der Waals surface area contributed by atoms with Crippen molar-refractivity contribution in [2.75, 3.05) is 6.61 Å². The van der Waals surface area contributed by atoms with E-state index in [9.17, 15) is 20.1 Å². The summed E-state index contributed by atoms with van der Waals surface area (Å²) >= 11 is 0. The predicted octanol–water partition coefficient (Wildman–Crippen LogP) is 19.2. The zero-order chi connectivity index (χ0) is 49.3. The van der Waals surface area contributed by atoms with Crippen LogP contribution in [0.25, 0.3) is 0 Å². The van der Waals surface area contributed by atoms with Crippen LogP contribution in [0.2, 0.25) is 0 Å². The lowest BCUT2D eigenvalue weighted by Gasteiger charge is -2.21. The van der Waals surface area contributed by atoms with Crippen molar-refractivity contribution in [3.05, 3.63) is 48.6 Å². The summed E-state index contributed by atoms with van der Waals surface area (Å²) in [5.41, 5.74) is 0. The van der Waals surface area contributed by atoms with Crippen molar-refractivity contribution in [3.8, 4) is 0 Å². The van der Waals surface area contributed by atoms with Crippen LogP contribution in [0.4, 0.5) is 0 Å². The number of amides is 1. The molecule has 3 unspecified atom stereocenters. The number of rotatable bonds is 56. The van der Waals surface area contributed by atoms with Crippen molar-refractivity contribution in [1.82, 2.24) is 5.32 Å². The lowest BCUT2D eigenvalue weighted by molar-refractivity contribution is -0.131. The van der Waals surface area contributed by atoms with E-state index >= 15 is 0 Å². The second-order valence-corrected chi connectivity index (χ2v) is 20.9. The molecule has 4 N–H and O–H groups in total. The molecule has 0 spiro atoms. The summed E-state index contributed by atoms with van der Waals surface area (Å²) in [6.07, 6.45) is 77.8. The molecule has 0 aliphatic heterocycles. The van der Waals surface area contributed by atoms with Crippen LogP contribution in [0.1, 0.15) is 322 Å². The minimum absolute atomic E-state index is 0.380. The molecular formula is C63H119NO4. The second kappa shape index (κ2) is 57.9. The molecule has 0 rings (SSSR count). The SMILES string of the molecule is CCCCCCCCCCCCCC/C=C\CCCCCCCCCCCCCCCCCC(O)C(=O)NC(CO)C(O)/C=C/CC/C=C/CC/C=C/CCCCCCCCCCCCCCC. The van der Waals surface area contributed by atoms with E-state index in [0.717, 1.165) is 44.9 Å². The van der Waals surface area contributed by atoms with Gasteiger partial charge < -0.3 is 20.6 Å². The number of nitrogens with one attached hydrogen (secondary N) is 1. The summed E-state index contributed by atoms with van der Waals surface area (Å²) in [4.78, 5) is 12.6. The van der Waals surface area contributed by atoms with Crippen LogP contribution in [0.3, 0.4) is 0 Å². The number of hydrogen-bond donors (Lipinski definition) is 4. The Morgan fingerprint density at radius 2 is 0.603 bits per heavy atom. The third-order valence-electron chi connectivity index (χ3n) is 14.1. The number of unbranched alkanes of at least 4 members (excludes halogenated alkanes) is 42. The fraction of sp³-hybridized carbons (Fsp3) is 0.857. The summed E-state index contributed by atoms with van der Waals surface area (Å²) in [5, 5.41) is 33.4. The maximum Gasteiger partial charge on any atom is 0.249 e. The van der Waals surface area contributed by atoms with Gasteiger partial charge in [-0.1, -0.05) is 300 Å². The first-order valence-corrected chi connectivity index (χ1v) is 30.5. The fourth-order valence-electron chi connectivity index (χ4n) is 9.39. The Kier molecular flexibility index (Phi) is 56.4. The molecule has 68 heavy (non-hydrogen) atoms. The Bertz CT molecular complexity index is 1100. The number of carbonyl (C=O) groups is 1. The monoisotopic (exact) mass is 954 g/mol. The van der Waals surface area contributed by atoms with Gasteiger partial charge in [0.25, 0.3) is 0 Å². The van der Waals surface area contributed by atoms with Gasteiger partial charge in [-0.05, 0) is 70.6 Å². The number of aliphatic hydroxyl groups is 3. The van der Waals surface area contributed by atoms with Crippen molar-refractivity contribution in [2.45, 2.75) is 340 Å². The first kappa shape index (κ1) is 66.3. The molecule has 0 saturated heterocycles. The predicted molar refractivity (Wildman–Crippen MR) is 301 cm³/mol. The molecule has 3 atom stereocenters. The van der Waals surface area contributed by atoms with Gasteiger partial charge in [-0.2, -0.15) is 0 Å². The third kappa shape index (κ3) is 52.1. The van der Waals surface area contributed by atoms with Crippen LogP contribution >= 0.6 is 0 Å². The highest BCUT2D eigenvalue weighted by molar-refractivity contribution is 5.80. The number of aliphatic hydroxyl groups excluding tert-OH is 3. The van der Waals surface area contributed by atoms with Crippen LogP contribution < -0.4 is 5.32 Å². The molecule has 0 radical (unpaired) electrons. The Morgan fingerprint density at radius 1 is 0.353 bits per heavy atom. The van der Waals surface area contributed by atoms with Crippen LogP contribution in [0, 0.1) is 0 Å². The molecule has 0 saturated carbocycles. The summed E-state index contributed by atoms with van der Waals surface area (Å²) in [5.74, 6) is -0.513. The highest BCUT2D eigenvalue weighted by atomic mass is 16.3. The Morgan fingerprint density at radius 3 is 0.897 bits per heavy atom. The molecule has 0 fully saturated rings. The smallest absolute Gasteiger partial charge is 0.249 e. The van der Waals surface area contributed by atoms with Crippen LogP contribution in [0.15, 0.2) is 48.6 Å². The van der Waals surface area contributed by atoms with Crippen molar-refractivity contribution >= 4 is 5.91 Å². The lowest BCUT2D eigenvalue weighted by Crippen LogP contribution is -2.48. The maximum atomic E-state index is 12.6. The number of allylic oxidation sites excluding steroid dienone is 7. The van der Waals surface area contributed by atoms with Gasteiger partial charge in [0.05, 0.1) is 18.8 Å². The van der Waals surface area contributed by atoms with E-state index in [4.69, 9.17) is 0 Å². The zero-order valence-electron chi connectivity index (χ0n) is 45.7. The summed E-state index contributed by atoms with van der Waals surface area (Å²) in [7, 11) is 0. The van der Waals surface area contributed by atoms with Crippen LogP contribution in [-0.4, -0.2) is 46.1 Å². The first-order chi connectivity index (χ1) is 33.6. The average molecular weight is 955 g/mol. The first-order valence-electron chi connectivity index (χ1n) is 30.5. The number of hydrogen-bond acceptors (Lipinski definition) is 4. The van der Waals surface area contributed by atoms with Crippen LogP contribution in [-0.2, 0) is 4.79 Å². The van der Waals surface area contributed by atoms with Gasteiger partial charge in [0.15, 0.2) is 0 Å². The molecule has 1 amide bonds. The van der Waals surface area contributed by atoms with E-state index in [2.05, 4.69) is 55.6 Å². The largest absolute Gasteiger partial charge is 0.394 e. The molecule has 0 aromatic rings. The van der Waals surface area contributed by atoms with Gasteiger partial charge in [0, 0.05) is 0 Å². The van der Waals surface area contributed by atoms with E-state index in [0.29, 0.717) is 6.42 Å². The van der Waals surface area contributed by atoms with Gasteiger partial charge in [-0.3, -0.25) is 4.79 Å². The normalized spacial score (nSPS) is 13.5. The van der Waals surface area contributed by atoms with Crippen molar-refractivity contribution in [1.29, 1.82) is 0 Å². The van der Waals surface area contributed by atoms with Crippen LogP contribution in [0.5, 0.6) is 0 Å². The average Bonchev–Trinajstić information content (AvgIpc) is 3.34. The van der Waals surface area contributed by atoms with E-state index in [1.165, 1.54) is 257 Å². The quantitative estimate of drug-likeness (QED) is 0.0361. The van der Waals surface area contributed by atoms with Crippen molar-refractivity contribution < 1.29 is 20.1 Å². The Hall–Kier alpha value is -1.69. The second-order valence-electron chi connectivity index (χ2n) is 20.9. The van der Waals surface area contributed by atoms with E-state index in [1.54, 1.807) is 6.08 Å². The minimum Gasteiger partial charge on any atom is -0.394 e. The standard InChI is InChI=1S/C63H119NO4/c1-3-5-7-9-11-13-15-17-19-21-23-25-27-28-29-30-31-32-33-34-36-38-40-42-44-46-48-50-52-54-56-58-62(67)63(68)64-60(59-65)61(66)57-55-53-51-49-47-45-43-41-39-37-35-26-24-22-20-18-16-14-12-10-8-6-4-2/h28-29,39,41,47,49,55,57,60-62,65-67H,3-27,30-38,40,42-46,48,50-54,56,58-59H2,1-2H3,(H,64,68)/b29-28-,41-39+,49-47+,57-55+. The summed E-state index contributed by atoms with van der Waals surface area (Å²) in [6, 6.07) is -0.823. The van der Waals surface area contributed by atoms with Gasteiger partial charge in [0.2, 0.25) is 5.91 Å². The molecule has 0 aliphatic carbocycles. The Balaban J connectivity index is 3.58. The minimum atomic E-state index is -1.11. The highest BCUT2D eigenvalue weighted by Gasteiger charge is 2.22. The summed E-state index contributed by atoms with van der Waals surface area (Å²) in [6.45, 7) is 4.20. The number of carbonyl (C=O) groups excluding carboxylic acids is 1. The van der Waals surface area contributed by atoms with Crippen molar-refractivity contribution in [3.63, 3.8) is 0 Å². The van der Waals surface area contributed by atoms with E-state index in [1.807, 2.05) is 6.08 Å². The molecular weight excluding hydrogens is 835 g/mol. The molecule has 5 heteroatoms. The Labute approximate surface area is 425 Å². The van der Waals surface area contributed by atoms with Gasteiger partial charge in [-0.15, -0.1) is 0 Å². The zero-order valence-corrected chi connectivity index (χ0v) is 45.7. The molecule has 400 valence electrons. The maximum absolute atomic E-state index is 12.6. The molecule has 0 bridgehead atoms. The van der Waals surface area contributed by atoms with Gasteiger partial charge in [-0.25, -0.2) is 0 Å². The van der Waals surface area contributed by atoms with Gasteiger partial charge >= 0.3 is 0 Å². The topological polar surface area (TPSA) is 89.8 Å². The van der Waals surface area contributed by atoms with Crippen molar-refractivity contribution in [2.24, 2.45) is 0 Å². The van der Waals surface area contributed by atoms with Gasteiger partial charge in [0.1, 0.15) is 6.10 Å². The van der Waals surface area contributed by atoms with E-state index in [-0.39, 0.29) is 6.61 Å². The molecule has 0 aliphatic rings. The fourth-order valence-corrected chi connectivity index (χ4v) is 9.39. The molecule has 0 aromatic heterocycles. The summed E-state index contributed by atoms with van der Waals surface area (Å²) < 4.78 is 0. The van der Waals surface area contributed by atoms with E-state index < -0.39 is 24.2 Å². The third-order valence-corrected chi connectivity index (χ3v) is 14.1. The highest BCUT2D eigenvalue weighted by Crippen LogP contribution is 2.17. The lowest BCUT2D eigenvalue weighted by atomic mass is 10.0.